The van der Waals surface area contributed by atoms with Gasteiger partial charge in [0.15, 0.2) is 6.61 Å². The highest BCUT2D eigenvalue weighted by atomic mass is 35.5. The molecular formula is C25H16Cl2N4O7. The van der Waals surface area contributed by atoms with Crippen molar-refractivity contribution in [3.8, 4) is 5.75 Å². The van der Waals surface area contributed by atoms with E-state index in [2.05, 4.69) is 5.32 Å². The van der Waals surface area contributed by atoms with Gasteiger partial charge in [-0.2, -0.15) is 0 Å². The number of nitrogens with zero attached hydrogens (tertiary/aromatic N) is 2. The summed E-state index contributed by atoms with van der Waals surface area (Å²) in [6.07, 6.45) is 1.14. The van der Waals surface area contributed by atoms with Crippen LogP contribution in [0, 0.1) is 10.1 Å². The van der Waals surface area contributed by atoms with Gasteiger partial charge in [-0.05, 0) is 42.5 Å². The third-order valence-electron chi connectivity index (χ3n) is 5.18. The lowest BCUT2D eigenvalue weighted by atomic mass is 10.1. The van der Waals surface area contributed by atoms with Crippen molar-refractivity contribution in [3.05, 3.63) is 98.0 Å². The molecule has 0 aromatic heterocycles. The summed E-state index contributed by atoms with van der Waals surface area (Å²) >= 11 is 12.1. The van der Waals surface area contributed by atoms with Gasteiger partial charge in [0, 0.05) is 22.7 Å². The Morgan fingerprint density at radius 2 is 1.82 bits per heavy atom. The van der Waals surface area contributed by atoms with Gasteiger partial charge in [0.1, 0.15) is 11.3 Å². The molecular weight excluding hydrogens is 539 g/mol. The predicted octanol–water partition coefficient (Wildman–Crippen LogP) is 4.59. The van der Waals surface area contributed by atoms with Gasteiger partial charge in [-0.25, -0.2) is 9.69 Å². The number of benzene rings is 3. The van der Waals surface area contributed by atoms with Crippen LogP contribution < -0.4 is 20.3 Å². The summed E-state index contributed by atoms with van der Waals surface area (Å²) in [5.74, 6) is -2.44. The third kappa shape index (κ3) is 5.80. The summed E-state index contributed by atoms with van der Waals surface area (Å²) in [6.45, 7) is -0.443. The van der Waals surface area contributed by atoms with Crippen LogP contribution >= 0.6 is 23.2 Å². The Hall–Kier alpha value is -4.74. The SMILES string of the molecule is O=C(COc1ccc(Cl)cc1/C=C1/C(=O)NC(=O)N(c2cccc([N+](=O)[O-])c2)C1=O)Nc1ccccc1Cl. The van der Waals surface area contributed by atoms with Gasteiger partial charge in [0.05, 0.1) is 21.3 Å². The van der Waals surface area contributed by atoms with Gasteiger partial charge in [0.2, 0.25) is 0 Å². The molecule has 38 heavy (non-hydrogen) atoms. The molecule has 4 rings (SSSR count). The van der Waals surface area contributed by atoms with Crippen LogP contribution in [-0.2, 0) is 14.4 Å². The Morgan fingerprint density at radius 1 is 1.05 bits per heavy atom. The molecule has 0 bridgehead atoms. The van der Waals surface area contributed by atoms with Crippen LogP contribution in [0.3, 0.4) is 0 Å². The monoisotopic (exact) mass is 554 g/mol. The first-order chi connectivity index (χ1) is 18.1. The van der Waals surface area contributed by atoms with Crippen LogP contribution in [0.2, 0.25) is 10.0 Å². The van der Waals surface area contributed by atoms with Crippen molar-refractivity contribution >= 4 is 70.1 Å². The molecule has 0 saturated carbocycles. The molecule has 1 heterocycles. The van der Waals surface area contributed by atoms with E-state index in [0.29, 0.717) is 15.6 Å². The molecule has 1 aliphatic rings. The molecule has 3 aromatic rings. The smallest absolute Gasteiger partial charge is 0.335 e. The number of ether oxygens (including phenoxy) is 1. The molecule has 0 radical (unpaired) electrons. The van der Waals surface area contributed by atoms with E-state index in [0.717, 1.165) is 12.1 Å². The summed E-state index contributed by atoms with van der Waals surface area (Å²) in [6, 6.07) is 14.7. The average Bonchev–Trinajstić information content (AvgIpc) is 2.87. The minimum Gasteiger partial charge on any atom is -0.483 e. The summed E-state index contributed by atoms with van der Waals surface area (Å²) in [5.41, 5.74) is -0.389. The van der Waals surface area contributed by atoms with Gasteiger partial charge in [-0.3, -0.25) is 29.8 Å². The second kappa shape index (κ2) is 11.1. The lowest BCUT2D eigenvalue weighted by Crippen LogP contribution is -2.54. The van der Waals surface area contributed by atoms with E-state index in [1.165, 1.54) is 36.4 Å². The third-order valence-corrected chi connectivity index (χ3v) is 5.74. The number of anilines is 2. The predicted molar refractivity (Wildman–Crippen MR) is 139 cm³/mol. The number of nitro groups is 1. The van der Waals surface area contributed by atoms with Crippen LogP contribution in [0.5, 0.6) is 5.75 Å². The van der Waals surface area contributed by atoms with Crippen LogP contribution in [0.1, 0.15) is 5.56 Å². The number of hydrogen-bond donors (Lipinski definition) is 2. The van der Waals surface area contributed by atoms with Crippen LogP contribution in [0.25, 0.3) is 6.08 Å². The Bertz CT molecular complexity index is 1520. The van der Waals surface area contributed by atoms with Gasteiger partial charge < -0.3 is 10.1 Å². The number of barbiturate groups is 1. The first-order valence-electron chi connectivity index (χ1n) is 10.8. The molecule has 192 valence electrons. The van der Waals surface area contributed by atoms with Crippen LogP contribution in [0.4, 0.5) is 21.9 Å². The Morgan fingerprint density at radius 3 is 2.55 bits per heavy atom. The molecule has 0 atom stereocenters. The Labute approximate surface area is 224 Å². The zero-order chi connectivity index (χ0) is 27.4. The molecule has 11 nitrogen and oxygen atoms in total. The second-order valence-electron chi connectivity index (χ2n) is 7.73. The Kier molecular flexibility index (Phi) is 7.70. The number of carbonyl (C=O) groups is 4. The van der Waals surface area contributed by atoms with E-state index >= 15 is 0 Å². The fourth-order valence-electron chi connectivity index (χ4n) is 3.45. The molecule has 0 spiro atoms. The normalized spacial score (nSPS) is 14.3. The summed E-state index contributed by atoms with van der Waals surface area (Å²) in [7, 11) is 0. The lowest BCUT2D eigenvalue weighted by molar-refractivity contribution is -0.384. The number of imide groups is 2. The number of rotatable bonds is 7. The molecule has 0 aliphatic carbocycles. The highest BCUT2D eigenvalue weighted by Gasteiger charge is 2.37. The first-order valence-corrected chi connectivity index (χ1v) is 11.5. The molecule has 1 aliphatic heterocycles. The maximum Gasteiger partial charge on any atom is 0.335 e. The number of carbonyl (C=O) groups excluding carboxylic acids is 4. The van der Waals surface area contributed by atoms with Crippen LogP contribution in [-0.4, -0.2) is 35.3 Å². The standard InChI is InChI=1S/C25H16Cl2N4O7/c26-15-8-9-21(38-13-22(32)28-20-7-2-1-6-19(20)27)14(10-15)11-18-23(33)29-25(35)30(24(18)34)16-4-3-5-17(12-16)31(36)37/h1-12H,13H2,(H,28,32)(H,29,33,35)/b18-11-. The fraction of sp³-hybridized carbons (Fsp3) is 0.0400. The zero-order valence-electron chi connectivity index (χ0n) is 19.1. The highest BCUT2D eigenvalue weighted by molar-refractivity contribution is 6.39. The fourth-order valence-corrected chi connectivity index (χ4v) is 3.81. The van der Waals surface area contributed by atoms with Gasteiger partial charge in [-0.1, -0.05) is 41.4 Å². The summed E-state index contributed by atoms with van der Waals surface area (Å²) in [4.78, 5) is 61.6. The van der Waals surface area contributed by atoms with E-state index in [1.807, 2.05) is 5.32 Å². The number of urea groups is 1. The van der Waals surface area contributed by atoms with E-state index in [1.54, 1.807) is 24.3 Å². The minimum absolute atomic E-state index is 0.107. The summed E-state index contributed by atoms with van der Waals surface area (Å²) < 4.78 is 5.60. The zero-order valence-corrected chi connectivity index (χ0v) is 20.7. The van der Waals surface area contributed by atoms with E-state index < -0.39 is 40.9 Å². The van der Waals surface area contributed by atoms with Crippen LogP contribution in [0.15, 0.2) is 72.3 Å². The quantitative estimate of drug-likeness (QED) is 0.188. The second-order valence-corrected chi connectivity index (χ2v) is 8.58. The molecule has 1 saturated heterocycles. The van der Waals surface area contributed by atoms with Crippen molar-refractivity contribution < 1.29 is 28.8 Å². The van der Waals surface area contributed by atoms with Crippen molar-refractivity contribution in [1.29, 1.82) is 0 Å². The van der Waals surface area contributed by atoms with Crippen molar-refractivity contribution in [2.24, 2.45) is 0 Å². The molecule has 2 N–H and O–H groups in total. The highest BCUT2D eigenvalue weighted by Crippen LogP contribution is 2.29. The Balaban J connectivity index is 1.60. The average molecular weight is 555 g/mol. The number of para-hydroxylation sites is 1. The van der Waals surface area contributed by atoms with E-state index in [9.17, 15) is 29.3 Å². The topological polar surface area (TPSA) is 148 Å². The molecule has 0 unspecified atom stereocenters. The first kappa shape index (κ1) is 26.3. The maximum absolute atomic E-state index is 13.2. The van der Waals surface area contributed by atoms with Gasteiger partial charge in [0.25, 0.3) is 23.4 Å². The lowest BCUT2D eigenvalue weighted by Gasteiger charge is -2.26. The van der Waals surface area contributed by atoms with Crippen molar-refractivity contribution in [2.45, 2.75) is 0 Å². The van der Waals surface area contributed by atoms with E-state index in [-0.39, 0.29) is 27.7 Å². The molecule has 13 heteroatoms. The van der Waals surface area contributed by atoms with Crippen molar-refractivity contribution in [2.75, 3.05) is 16.8 Å². The number of nitro benzene ring substituents is 1. The van der Waals surface area contributed by atoms with Gasteiger partial charge >= 0.3 is 6.03 Å². The molecule has 3 aromatic carbocycles. The van der Waals surface area contributed by atoms with Crippen molar-refractivity contribution in [3.63, 3.8) is 0 Å². The maximum atomic E-state index is 13.2. The largest absolute Gasteiger partial charge is 0.483 e. The van der Waals surface area contributed by atoms with Gasteiger partial charge in [-0.15, -0.1) is 0 Å². The number of non-ortho nitro benzene ring substituents is 1. The summed E-state index contributed by atoms with van der Waals surface area (Å²) in [5, 5.41) is 16.3. The number of hydrogen-bond acceptors (Lipinski definition) is 7. The molecule has 1 fully saturated rings. The van der Waals surface area contributed by atoms with E-state index in [4.69, 9.17) is 27.9 Å². The molecule has 5 amide bonds. The number of halogens is 2. The number of amides is 5. The minimum atomic E-state index is -1.07. The van der Waals surface area contributed by atoms with Crippen molar-refractivity contribution in [1.82, 2.24) is 5.32 Å². The number of nitrogens with one attached hydrogen (secondary N) is 2.